The van der Waals surface area contributed by atoms with E-state index in [2.05, 4.69) is 5.32 Å². The second-order valence-corrected chi connectivity index (χ2v) is 8.10. The minimum atomic E-state index is -0.503. The molecule has 170 valence electrons. The van der Waals surface area contributed by atoms with E-state index in [1.165, 1.54) is 6.07 Å². The van der Waals surface area contributed by atoms with Crippen LogP contribution in [0.1, 0.15) is 39.1 Å². The zero-order valence-corrected chi connectivity index (χ0v) is 18.1. The lowest BCUT2D eigenvalue weighted by atomic mass is 9.74. The summed E-state index contributed by atoms with van der Waals surface area (Å²) in [6.45, 7) is 1.53. The highest BCUT2D eigenvalue weighted by molar-refractivity contribution is 5.94. The van der Waals surface area contributed by atoms with Crippen LogP contribution >= 0.6 is 0 Å². The average molecular weight is 448 g/mol. The summed E-state index contributed by atoms with van der Waals surface area (Å²) in [6, 6.07) is 19.8. The van der Waals surface area contributed by atoms with Gasteiger partial charge in [0, 0.05) is 36.3 Å². The molecule has 0 spiro atoms. The molecule has 0 aromatic heterocycles. The van der Waals surface area contributed by atoms with Crippen LogP contribution in [0.3, 0.4) is 0 Å². The number of hydrogen-bond acceptors (Lipinski definition) is 4. The summed E-state index contributed by atoms with van der Waals surface area (Å²) in [5, 5.41) is 3.01. The average Bonchev–Trinajstić information content (AvgIpc) is 2.84. The Morgan fingerprint density at radius 2 is 1.55 bits per heavy atom. The van der Waals surface area contributed by atoms with E-state index in [9.17, 15) is 14.0 Å². The number of primary amides is 1. The van der Waals surface area contributed by atoms with Crippen molar-refractivity contribution < 1.29 is 23.5 Å². The first-order chi connectivity index (χ1) is 15.9. The van der Waals surface area contributed by atoms with Gasteiger partial charge in [-0.3, -0.25) is 9.59 Å². The van der Waals surface area contributed by atoms with Crippen LogP contribution in [0, 0.1) is 5.82 Å². The number of carbonyl (C=O) groups excluding carboxylic acids is 2. The van der Waals surface area contributed by atoms with Crippen molar-refractivity contribution in [2.45, 2.75) is 18.3 Å². The molecule has 6 nitrogen and oxygen atoms in total. The molecular formula is C26H25FN2O4. The topological polar surface area (TPSA) is 90.7 Å². The highest BCUT2D eigenvalue weighted by atomic mass is 19.1. The summed E-state index contributed by atoms with van der Waals surface area (Å²) in [5.74, 6) is 0.101. The Balaban J connectivity index is 1.41. The van der Waals surface area contributed by atoms with E-state index in [4.69, 9.17) is 15.2 Å². The van der Waals surface area contributed by atoms with Crippen LogP contribution in [0.25, 0.3) is 0 Å². The van der Waals surface area contributed by atoms with Crippen LogP contribution < -0.4 is 15.8 Å². The molecule has 1 heterocycles. The Bertz CT molecular complexity index is 1120. The van der Waals surface area contributed by atoms with Gasteiger partial charge in [0.25, 0.3) is 5.91 Å². The Kier molecular flexibility index (Phi) is 6.70. The van der Waals surface area contributed by atoms with Gasteiger partial charge in [-0.15, -0.1) is 0 Å². The fourth-order valence-corrected chi connectivity index (χ4v) is 4.00. The minimum Gasteiger partial charge on any atom is -0.457 e. The lowest BCUT2D eigenvalue weighted by Crippen LogP contribution is -2.44. The van der Waals surface area contributed by atoms with E-state index in [1.807, 2.05) is 6.07 Å². The van der Waals surface area contributed by atoms with Crippen LogP contribution in [0.5, 0.6) is 11.5 Å². The molecule has 3 N–H and O–H groups in total. The fourth-order valence-electron chi connectivity index (χ4n) is 4.00. The predicted octanol–water partition coefficient (Wildman–Crippen LogP) is 4.20. The highest BCUT2D eigenvalue weighted by Gasteiger charge is 2.35. The third-order valence-electron chi connectivity index (χ3n) is 5.97. The molecule has 0 radical (unpaired) electrons. The van der Waals surface area contributed by atoms with Gasteiger partial charge in [-0.05, 0) is 79.1 Å². The van der Waals surface area contributed by atoms with Crippen LogP contribution in [-0.4, -0.2) is 31.6 Å². The smallest absolute Gasteiger partial charge is 0.251 e. The third kappa shape index (κ3) is 5.38. The number of carbonyl (C=O) groups is 2. The van der Waals surface area contributed by atoms with Gasteiger partial charge in [-0.1, -0.05) is 12.1 Å². The molecule has 0 aliphatic carbocycles. The van der Waals surface area contributed by atoms with Gasteiger partial charge in [0.2, 0.25) is 5.91 Å². The first-order valence-corrected chi connectivity index (χ1v) is 10.7. The predicted molar refractivity (Wildman–Crippen MR) is 122 cm³/mol. The van der Waals surface area contributed by atoms with Gasteiger partial charge in [0.15, 0.2) is 0 Å². The van der Waals surface area contributed by atoms with Gasteiger partial charge in [-0.25, -0.2) is 4.39 Å². The van der Waals surface area contributed by atoms with E-state index >= 15 is 0 Å². The summed E-state index contributed by atoms with van der Waals surface area (Å²) in [4.78, 5) is 24.0. The van der Waals surface area contributed by atoms with Crippen LogP contribution in [0.4, 0.5) is 4.39 Å². The maximum Gasteiger partial charge on any atom is 0.251 e. The summed E-state index contributed by atoms with van der Waals surface area (Å²) in [6.07, 6.45) is 1.41. The second-order valence-electron chi connectivity index (χ2n) is 8.10. The zero-order chi connectivity index (χ0) is 23.3. The zero-order valence-electron chi connectivity index (χ0n) is 18.1. The molecule has 0 unspecified atom stereocenters. The van der Waals surface area contributed by atoms with Crippen molar-refractivity contribution in [2.75, 3.05) is 19.8 Å². The Morgan fingerprint density at radius 1 is 0.939 bits per heavy atom. The van der Waals surface area contributed by atoms with Crippen molar-refractivity contribution in [1.82, 2.24) is 5.32 Å². The minimum absolute atomic E-state index is 0.213. The number of hydrogen-bond donors (Lipinski definition) is 2. The number of rotatable bonds is 7. The van der Waals surface area contributed by atoms with Crippen molar-refractivity contribution in [1.29, 1.82) is 0 Å². The molecule has 0 saturated carbocycles. The number of benzene rings is 3. The maximum atomic E-state index is 13.9. The molecule has 2 amide bonds. The van der Waals surface area contributed by atoms with E-state index in [-0.39, 0.29) is 17.1 Å². The molecule has 1 aliphatic rings. The standard InChI is InChI=1S/C26H25FN2O4/c27-21-3-1-2-20(16-21)26(12-14-32-15-13-26)17-29-25(31)19-6-10-23(11-7-19)33-22-8-4-18(5-9-22)24(28)30/h1-11,16H,12-15,17H2,(H2,28,30)(H,29,31). The van der Waals surface area contributed by atoms with E-state index < -0.39 is 5.91 Å². The lowest BCUT2D eigenvalue weighted by molar-refractivity contribution is 0.0486. The number of nitrogens with two attached hydrogens (primary N) is 1. The molecule has 1 saturated heterocycles. The van der Waals surface area contributed by atoms with Crippen molar-refractivity contribution >= 4 is 11.8 Å². The molecule has 1 fully saturated rings. The Labute approximate surface area is 191 Å². The van der Waals surface area contributed by atoms with Crippen LogP contribution in [0.2, 0.25) is 0 Å². The number of ether oxygens (including phenoxy) is 2. The number of halogens is 1. The second kappa shape index (κ2) is 9.83. The molecule has 0 bridgehead atoms. The molecule has 3 aromatic carbocycles. The SMILES string of the molecule is NC(=O)c1ccc(Oc2ccc(C(=O)NCC3(c4cccc(F)c4)CCOCC3)cc2)cc1. The highest BCUT2D eigenvalue weighted by Crippen LogP contribution is 2.34. The first kappa shape index (κ1) is 22.5. The Morgan fingerprint density at radius 3 is 2.12 bits per heavy atom. The number of amides is 2. The van der Waals surface area contributed by atoms with Gasteiger partial charge >= 0.3 is 0 Å². The molecule has 1 aliphatic heterocycles. The quantitative estimate of drug-likeness (QED) is 0.567. The Hall–Kier alpha value is -3.71. The maximum absolute atomic E-state index is 13.9. The molecule has 0 atom stereocenters. The monoisotopic (exact) mass is 448 g/mol. The third-order valence-corrected chi connectivity index (χ3v) is 5.97. The van der Waals surface area contributed by atoms with Crippen LogP contribution in [0.15, 0.2) is 72.8 Å². The summed E-state index contributed by atoms with van der Waals surface area (Å²) < 4.78 is 25.1. The van der Waals surface area contributed by atoms with Gasteiger partial charge in [0.1, 0.15) is 17.3 Å². The summed E-state index contributed by atoms with van der Waals surface area (Å²) in [5.41, 5.74) is 6.64. The van der Waals surface area contributed by atoms with Crippen molar-refractivity contribution in [2.24, 2.45) is 5.73 Å². The van der Waals surface area contributed by atoms with Crippen molar-refractivity contribution in [3.8, 4) is 11.5 Å². The van der Waals surface area contributed by atoms with Crippen LogP contribution in [-0.2, 0) is 10.2 Å². The van der Waals surface area contributed by atoms with Crippen molar-refractivity contribution in [3.63, 3.8) is 0 Å². The first-order valence-electron chi connectivity index (χ1n) is 10.7. The summed E-state index contributed by atoms with van der Waals surface area (Å²) in [7, 11) is 0. The van der Waals surface area contributed by atoms with Gasteiger partial charge in [-0.2, -0.15) is 0 Å². The molecular weight excluding hydrogens is 423 g/mol. The molecule has 33 heavy (non-hydrogen) atoms. The molecule has 3 aromatic rings. The largest absolute Gasteiger partial charge is 0.457 e. The van der Waals surface area contributed by atoms with E-state index in [0.29, 0.717) is 55.2 Å². The van der Waals surface area contributed by atoms with Gasteiger partial charge in [0.05, 0.1) is 0 Å². The normalized spacial score (nSPS) is 14.9. The number of nitrogens with one attached hydrogen (secondary N) is 1. The molecule has 4 rings (SSSR count). The molecule has 7 heteroatoms. The fraction of sp³-hybridized carbons (Fsp3) is 0.231. The van der Waals surface area contributed by atoms with Gasteiger partial charge < -0.3 is 20.5 Å². The van der Waals surface area contributed by atoms with Crippen molar-refractivity contribution in [3.05, 3.63) is 95.3 Å². The summed E-state index contributed by atoms with van der Waals surface area (Å²) >= 11 is 0. The van der Waals surface area contributed by atoms with E-state index in [1.54, 1.807) is 60.7 Å². The lowest BCUT2D eigenvalue weighted by Gasteiger charge is -2.38. The van der Waals surface area contributed by atoms with E-state index in [0.717, 1.165) is 5.56 Å².